The lowest BCUT2D eigenvalue weighted by atomic mass is 9.95. The molecule has 7 heteroatoms. The number of ether oxygens (including phenoxy) is 1. The van der Waals surface area contributed by atoms with Crippen LogP contribution in [0, 0.1) is 0 Å². The number of methoxy groups -OCH3 is 1. The Morgan fingerprint density at radius 3 is 2.57 bits per heavy atom. The molecule has 0 aliphatic heterocycles. The Hall–Kier alpha value is -4.36. The number of pyridine rings is 3. The van der Waals surface area contributed by atoms with E-state index in [-0.39, 0.29) is 11.8 Å². The van der Waals surface area contributed by atoms with E-state index in [2.05, 4.69) is 25.3 Å². The van der Waals surface area contributed by atoms with Crippen LogP contribution in [0.3, 0.4) is 0 Å². The molecule has 0 aliphatic carbocycles. The number of amides is 1. The molecule has 5 rings (SSSR count). The minimum absolute atomic E-state index is 0.124. The highest BCUT2D eigenvalue weighted by molar-refractivity contribution is 6.01. The van der Waals surface area contributed by atoms with E-state index in [1.54, 1.807) is 25.7 Å². The second kappa shape index (κ2) is 10.3. The zero-order valence-corrected chi connectivity index (χ0v) is 19.3. The van der Waals surface area contributed by atoms with Crippen molar-refractivity contribution in [2.45, 2.75) is 12.3 Å². The lowest BCUT2D eigenvalue weighted by Crippen LogP contribution is -2.23. The van der Waals surface area contributed by atoms with E-state index in [0.29, 0.717) is 18.8 Å². The first kappa shape index (κ1) is 22.4. The van der Waals surface area contributed by atoms with Crippen LogP contribution in [-0.2, 0) is 9.53 Å². The van der Waals surface area contributed by atoms with Crippen LogP contribution in [0.25, 0.3) is 33.5 Å². The van der Waals surface area contributed by atoms with Crippen LogP contribution in [0.15, 0.2) is 91.4 Å². The van der Waals surface area contributed by atoms with Gasteiger partial charge in [0.25, 0.3) is 0 Å². The molecule has 1 unspecified atom stereocenters. The van der Waals surface area contributed by atoms with Gasteiger partial charge in [-0.1, -0.05) is 36.4 Å². The number of carbonyl (C=O) groups excluding carboxylic acids is 1. The molecule has 2 N–H and O–H groups in total. The number of nitrogens with zero attached hydrogens (tertiary/aromatic N) is 3. The zero-order valence-electron chi connectivity index (χ0n) is 19.3. The second-order valence-electron chi connectivity index (χ2n) is 8.15. The maximum absolute atomic E-state index is 13.3. The first-order valence-electron chi connectivity index (χ1n) is 11.4. The van der Waals surface area contributed by atoms with Crippen molar-refractivity contribution in [1.82, 2.24) is 19.9 Å². The largest absolute Gasteiger partial charge is 0.385 e. The highest BCUT2D eigenvalue weighted by Gasteiger charge is 2.22. The minimum Gasteiger partial charge on any atom is -0.385 e. The summed E-state index contributed by atoms with van der Waals surface area (Å²) in [7, 11) is 1.64. The Bertz CT molecular complexity index is 1430. The first-order chi connectivity index (χ1) is 17.2. The number of carbonyl (C=O) groups is 1. The molecule has 0 spiro atoms. The molecule has 0 bridgehead atoms. The monoisotopic (exact) mass is 463 g/mol. The quantitative estimate of drug-likeness (QED) is 0.319. The average molecular weight is 464 g/mol. The van der Waals surface area contributed by atoms with Crippen LogP contribution >= 0.6 is 0 Å². The van der Waals surface area contributed by atoms with Crippen LogP contribution < -0.4 is 5.32 Å². The highest BCUT2D eigenvalue weighted by Crippen LogP contribution is 2.36. The third-order valence-corrected chi connectivity index (χ3v) is 5.90. The summed E-state index contributed by atoms with van der Waals surface area (Å²) in [4.78, 5) is 30.3. The number of fused-ring (bicyclic) bond motifs is 1. The molecule has 0 saturated heterocycles. The van der Waals surface area contributed by atoms with Crippen molar-refractivity contribution in [2.75, 3.05) is 19.0 Å². The number of hydrogen-bond donors (Lipinski definition) is 2. The Balaban J connectivity index is 1.50. The summed E-state index contributed by atoms with van der Waals surface area (Å²) in [6.45, 7) is 0.482. The van der Waals surface area contributed by atoms with Gasteiger partial charge in [-0.3, -0.25) is 14.8 Å². The molecule has 4 heterocycles. The summed E-state index contributed by atoms with van der Waals surface area (Å²) in [5.41, 5.74) is 6.17. The number of hydrogen-bond acceptors (Lipinski definition) is 5. The summed E-state index contributed by atoms with van der Waals surface area (Å²) < 4.78 is 5.24. The lowest BCUT2D eigenvalue weighted by Gasteiger charge is -2.17. The van der Waals surface area contributed by atoms with Crippen molar-refractivity contribution < 1.29 is 9.53 Å². The van der Waals surface area contributed by atoms with E-state index in [9.17, 15) is 4.79 Å². The van der Waals surface area contributed by atoms with Gasteiger partial charge < -0.3 is 15.0 Å². The molecule has 0 radical (unpaired) electrons. The Labute approximate surface area is 203 Å². The van der Waals surface area contributed by atoms with Crippen molar-refractivity contribution in [3.05, 3.63) is 97.0 Å². The molecular formula is C28H25N5O2. The predicted molar refractivity (Wildman–Crippen MR) is 137 cm³/mol. The van der Waals surface area contributed by atoms with Crippen molar-refractivity contribution in [3.63, 3.8) is 0 Å². The minimum atomic E-state index is -0.344. The Morgan fingerprint density at radius 2 is 1.77 bits per heavy atom. The fraction of sp³-hybridized carbons (Fsp3) is 0.143. The molecule has 0 aliphatic rings. The molecular weight excluding hydrogens is 438 g/mol. The highest BCUT2D eigenvalue weighted by atomic mass is 16.5. The Morgan fingerprint density at radius 1 is 0.943 bits per heavy atom. The van der Waals surface area contributed by atoms with Crippen LogP contribution in [0.1, 0.15) is 17.9 Å². The summed E-state index contributed by atoms with van der Waals surface area (Å²) in [5.74, 6) is 0.00792. The van der Waals surface area contributed by atoms with Gasteiger partial charge in [0.2, 0.25) is 5.91 Å². The second-order valence-corrected chi connectivity index (χ2v) is 8.15. The van der Waals surface area contributed by atoms with E-state index in [4.69, 9.17) is 4.74 Å². The number of nitrogens with one attached hydrogen (secondary N) is 2. The van der Waals surface area contributed by atoms with E-state index < -0.39 is 0 Å². The fourth-order valence-corrected chi connectivity index (χ4v) is 4.24. The average Bonchev–Trinajstić information content (AvgIpc) is 3.30. The number of rotatable bonds is 8. The van der Waals surface area contributed by atoms with Crippen LogP contribution in [-0.4, -0.2) is 39.6 Å². The third-order valence-electron chi connectivity index (χ3n) is 5.90. The van der Waals surface area contributed by atoms with Gasteiger partial charge in [0.05, 0.1) is 33.9 Å². The summed E-state index contributed by atoms with van der Waals surface area (Å²) in [5, 5.41) is 3.00. The van der Waals surface area contributed by atoms with Crippen molar-refractivity contribution in [2.24, 2.45) is 0 Å². The summed E-state index contributed by atoms with van der Waals surface area (Å²) in [6, 6.07) is 23.2. The van der Waals surface area contributed by atoms with E-state index in [1.807, 2.05) is 72.8 Å². The molecule has 35 heavy (non-hydrogen) atoms. The summed E-state index contributed by atoms with van der Waals surface area (Å²) >= 11 is 0. The smallest absolute Gasteiger partial charge is 0.233 e. The van der Waals surface area contributed by atoms with Gasteiger partial charge >= 0.3 is 0 Å². The van der Waals surface area contributed by atoms with Gasteiger partial charge in [0.15, 0.2) is 0 Å². The number of aromatic nitrogens is 4. The normalized spacial score (nSPS) is 11.9. The van der Waals surface area contributed by atoms with Crippen molar-refractivity contribution in [1.29, 1.82) is 0 Å². The van der Waals surface area contributed by atoms with Gasteiger partial charge in [0, 0.05) is 37.9 Å². The van der Waals surface area contributed by atoms with Crippen molar-refractivity contribution in [3.8, 4) is 22.5 Å². The SMILES string of the molecule is COCCC(C(=O)Nc1cc(-c2[nH]c3cccnc3c2-c2ccccn2)ccn1)c1ccccc1. The molecule has 4 aromatic heterocycles. The first-order valence-corrected chi connectivity index (χ1v) is 11.4. The Kier molecular flexibility index (Phi) is 6.59. The lowest BCUT2D eigenvalue weighted by molar-refractivity contribution is -0.118. The third kappa shape index (κ3) is 4.81. The van der Waals surface area contributed by atoms with Crippen LogP contribution in [0.2, 0.25) is 0 Å². The molecule has 7 nitrogen and oxygen atoms in total. The van der Waals surface area contributed by atoms with Crippen LogP contribution in [0.5, 0.6) is 0 Å². The van der Waals surface area contributed by atoms with E-state index in [0.717, 1.165) is 39.1 Å². The molecule has 1 aromatic carbocycles. The fourth-order valence-electron chi connectivity index (χ4n) is 4.24. The van der Waals surface area contributed by atoms with Gasteiger partial charge in [0.1, 0.15) is 5.82 Å². The molecule has 1 amide bonds. The van der Waals surface area contributed by atoms with E-state index >= 15 is 0 Å². The van der Waals surface area contributed by atoms with Gasteiger partial charge in [-0.2, -0.15) is 0 Å². The summed E-state index contributed by atoms with van der Waals surface area (Å²) in [6.07, 6.45) is 5.81. The standard InChI is InChI=1S/C28H25N5O2/c1-35-17-13-21(19-8-3-2-4-9-19)28(34)33-24-18-20(12-16-30-24)26-25(22-10-5-6-14-29-22)27-23(32-26)11-7-15-31-27/h2-12,14-16,18,21,32H,13,17H2,1H3,(H,30,33,34). The number of aromatic amines is 1. The maximum Gasteiger partial charge on any atom is 0.233 e. The molecule has 0 saturated carbocycles. The molecule has 1 atom stereocenters. The number of benzene rings is 1. The maximum atomic E-state index is 13.3. The van der Waals surface area contributed by atoms with Gasteiger partial charge in [-0.15, -0.1) is 0 Å². The van der Waals surface area contributed by atoms with Crippen molar-refractivity contribution >= 4 is 22.8 Å². The molecule has 174 valence electrons. The zero-order chi connectivity index (χ0) is 24.0. The van der Waals surface area contributed by atoms with E-state index in [1.165, 1.54) is 0 Å². The van der Waals surface area contributed by atoms with Gasteiger partial charge in [-0.05, 0) is 48.4 Å². The number of H-pyrrole nitrogens is 1. The van der Waals surface area contributed by atoms with Gasteiger partial charge in [-0.25, -0.2) is 4.98 Å². The van der Waals surface area contributed by atoms with Crippen LogP contribution in [0.4, 0.5) is 5.82 Å². The predicted octanol–water partition coefficient (Wildman–Crippen LogP) is 5.45. The number of anilines is 1. The molecule has 5 aromatic rings. The topological polar surface area (TPSA) is 92.8 Å². The molecule has 0 fully saturated rings.